The summed E-state index contributed by atoms with van der Waals surface area (Å²) in [6.07, 6.45) is 0. The number of Topliss-reactive ketones (excluding diaryl/α,β-unsaturated/α-hetero) is 1. The number of ketones is 1. The van der Waals surface area contributed by atoms with Crippen LogP contribution in [0.2, 0.25) is 0 Å². The molecule has 2 heterocycles. The largest absolute Gasteiger partial charge is 0.482 e. The van der Waals surface area contributed by atoms with Crippen LogP contribution in [0.5, 0.6) is 11.5 Å². The van der Waals surface area contributed by atoms with E-state index < -0.39 is 17.6 Å². The van der Waals surface area contributed by atoms with Crippen molar-refractivity contribution in [3.63, 3.8) is 0 Å². The van der Waals surface area contributed by atoms with E-state index in [2.05, 4.69) is 10.2 Å². The van der Waals surface area contributed by atoms with E-state index in [1.807, 2.05) is 0 Å². The van der Waals surface area contributed by atoms with Crippen molar-refractivity contribution in [2.75, 3.05) is 57.5 Å². The van der Waals surface area contributed by atoms with E-state index in [0.29, 0.717) is 37.7 Å². The second-order valence-electron chi connectivity index (χ2n) is 8.80. The van der Waals surface area contributed by atoms with Gasteiger partial charge >= 0.3 is 0 Å². The second kappa shape index (κ2) is 11.5. The van der Waals surface area contributed by atoms with Gasteiger partial charge in [-0.3, -0.25) is 24.2 Å². The maximum atomic E-state index is 14.0. The van der Waals surface area contributed by atoms with E-state index in [0.717, 1.165) is 18.7 Å². The Morgan fingerprint density at radius 1 is 1.17 bits per heavy atom. The lowest BCUT2D eigenvalue weighted by Gasteiger charge is -2.34. The number of carbonyl (C=O) groups is 3. The minimum atomic E-state index is -0.812. The Kier molecular flexibility index (Phi) is 8.17. The Morgan fingerprint density at radius 2 is 1.94 bits per heavy atom. The summed E-state index contributed by atoms with van der Waals surface area (Å²) in [7, 11) is 0. The first-order valence-corrected chi connectivity index (χ1v) is 11.9. The maximum absolute atomic E-state index is 14.0. The van der Waals surface area contributed by atoms with E-state index in [-0.39, 0.29) is 36.3 Å². The summed E-state index contributed by atoms with van der Waals surface area (Å²) in [5.74, 6) is -1.27. The van der Waals surface area contributed by atoms with E-state index in [4.69, 9.17) is 14.2 Å². The average Bonchev–Trinajstić information content (AvgIpc) is 2.88. The number of carbonyl (C=O) groups excluding carboxylic acids is 3. The molecule has 0 aromatic heterocycles. The van der Waals surface area contributed by atoms with E-state index in [1.54, 1.807) is 32.0 Å². The van der Waals surface area contributed by atoms with Crippen molar-refractivity contribution in [3.8, 4) is 11.5 Å². The molecule has 2 aliphatic rings. The Morgan fingerprint density at radius 3 is 2.72 bits per heavy atom. The number of nitrogens with zero attached hydrogens (tertiary/aromatic N) is 2. The number of fused-ring (bicyclic) bond motifs is 1. The van der Waals surface area contributed by atoms with Crippen LogP contribution in [0.15, 0.2) is 36.4 Å². The number of anilines is 1. The normalized spacial score (nSPS) is 16.6. The summed E-state index contributed by atoms with van der Waals surface area (Å²) in [6, 6.07) is 8.23. The van der Waals surface area contributed by atoms with Crippen LogP contribution in [-0.4, -0.2) is 81.1 Å². The molecule has 36 heavy (non-hydrogen) atoms. The van der Waals surface area contributed by atoms with Gasteiger partial charge in [0.1, 0.15) is 11.8 Å². The fourth-order valence-corrected chi connectivity index (χ4v) is 4.14. The van der Waals surface area contributed by atoms with Crippen molar-refractivity contribution in [2.24, 2.45) is 0 Å². The van der Waals surface area contributed by atoms with Crippen LogP contribution in [0.3, 0.4) is 0 Å². The lowest BCUT2D eigenvalue weighted by molar-refractivity contribution is -0.127. The zero-order valence-corrected chi connectivity index (χ0v) is 20.4. The van der Waals surface area contributed by atoms with Crippen LogP contribution in [0.25, 0.3) is 0 Å². The molecule has 0 saturated carbocycles. The Labute approximate surface area is 209 Å². The number of hydrogen-bond acceptors (Lipinski definition) is 7. The monoisotopic (exact) mass is 499 g/mol. The summed E-state index contributed by atoms with van der Waals surface area (Å²) in [4.78, 5) is 41.9. The standard InChI is InChI=1S/C26H30FN3O6/c1-17-3-5-20(27)24(13-17)35-15-22(31)19-4-6-23-21(14-19)30(25(32)16-36-23)18(2)26(33)28-7-8-29-9-11-34-12-10-29/h3-6,13-14,18H,7-12,15-16H2,1-2H3,(H,28,33)/t18-/m1/s1. The fraction of sp³-hybridized carbons (Fsp3) is 0.423. The number of hydrogen-bond donors (Lipinski definition) is 1. The molecular formula is C26H30FN3O6. The zero-order valence-electron chi connectivity index (χ0n) is 20.4. The molecule has 9 nitrogen and oxygen atoms in total. The van der Waals surface area contributed by atoms with Gasteiger partial charge in [-0.15, -0.1) is 0 Å². The van der Waals surface area contributed by atoms with Gasteiger partial charge in [0.2, 0.25) is 5.91 Å². The molecule has 2 aromatic carbocycles. The van der Waals surface area contributed by atoms with Gasteiger partial charge in [-0.05, 0) is 49.7 Å². The minimum absolute atomic E-state index is 0.0104. The van der Waals surface area contributed by atoms with E-state index in [9.17, 15) is 18.8 Å². The summed E-state index contributed by atoms with van der Waals surface area (Å²) in [5.41, 5.74) is 1.39. The molecule has 2 aliphatic heterocycles. The molecule has 0 spiro atoms. The molecule has 4 rings (SSSR count). The first kappa shape index (κ1) is 25.6. The molecule has 0 aliphatic carbocycles. The van der Waals surface area contributed by atoms with Crippen molar-refractivity contribution >= 4 is 23.3 Å². The third-order valence-electron chi connectivity index (χ3n) is 6.20. The Hall–Kier alpha value is -3.50. The van der Waals surface area contributed by atoms with Crippen LogP contribution >= 0.6 is 0 Å². The van der Waals surface area contributed by atoms with Crippen molar-refractivity contribution < 1.29 is 33.0 Å². The molecule has 0 unspecified atom stereocenters. The van der Waals surface area contributed by atoms with Gasteiger partial charge in [-0.1, -0.05) is 6.07 Å². The summed E-state index contributed by atoms with van der Waals surface area (Å²) < 4.78 is 30.2. The number of benzene rings is 2. The molecule has 1 atom stereocenters. The number of ether oxygens (including phenoxy) is 3. The Balaban J connectivity index is 1.43. The molecule has 2 aromatic rings. The molecule has 192 valence electrons. The molecule has 0 radical (unpaired) electrons. The van der Waals surface area contributed by atoms with Crippen molar-refractivity contribution in [3.05, 3.63) is 53.3 Å². The zero-order chi connectivity index (χ0) is 25.7. The van der Waals surface area contributed by atoms with Gasteiger partial charge in [0, 0.05) is 31.7 Å². The fourth-order valence-electron chi connectivity index (χ4n) is 4.14. The smallest absolute Gasteiger partial charge is 0.265 e. The molecule has 2 amide bonds. The van der Waals surface area contributed by atoms with E-state index in [1.165, 1.54) is 23.1 Å². The topological polar surface area (TPSA) is 97.4 Å². The highest BCUT2D eigenvalue weighted by atomic mass is 19.1. The highest BCUT2D eigenvalue weighted by Crippen LogP contribution is 2.34. The van der Waals surface area contributed by atoms with Gasteiger partial charge in [-0.2, -0.15) is 0 Å². The predicted octanol–water partition coefficient (Wildman–Crippen LogP) is 1.96. The highest BCUT2D eigenvalue weighted by molar-refractivity contribution is 6.05. The van der Waals surface area contributed by atoms with Gasteiger partial charge in [-0.25, -0.2) is 4.39 Å². The number of rotatable bonds is 9. The summed E-state index contributed by atoms with van der Waals surface area (Å²) >= 11 is 0. The first-order chi connectivity index (χ1) is 17.3. The highest BCUT2D eigenvalue weighted by Gasteiger charge is 2.33. The minimum Gasteiger partial charge on any atom is -0.482 e. The van der Waals surface area contributed by atoms with Crippen molar-refractivity contribution in [1.29, 1.82) is 0 Å². The number of aryl methyl sites for hydroxylation is 1. The third kappa shape index (κ3) is 6.00. The summed E-state index contributed by atoms with van der Waals surface area (Å²) in [6.45, 7) is 6.96. The van der Waals surface area contributed by atoms with Crippen LogP contribution in [-0.2, 0) is 14.3 Å². The number of morpholine rings is 1. The molecule has 10 heteroatoms. The second-order valence-corrected chi connectivity index (χ2v) is 8.80. The van der Waals surface area contributed by atoms with Crippen molar-refractivity contribution in [2.45, 2.75) is 19.9 Å². The van der Waals surface area contributed by atoms with Crippen LogP contribution in [0.4, 0.5) is 10.1 Å². The van der Waals surface area contributed by atoms with Crippen molar-refractivity contribution in [1.82, 2.24) is 10.2 Å². The van der Waals surface area contributed by atoms with E-state index >= 15 is 0 Å². The number of nitrogens with one attached hydrogen (secondary N) is 1. The molecule has 1 N–H and O–H groups in total. The summed E-state index contributed by atoms with van der Waals surface area (Å²) in [5, 5.41) is 2.89. The third-order valence-corrected chi connectivity index (χ3v) is 6.20. The van der Waals surface area contributed by atoms with Crippen LogP contribution < -0.4 is 19.7 Å². The number of amides is 2. The first-order valence-electron chi connectivity index (χ1n) is 11.9. The predicted molar refractivity (Wildman–Crippen MR) is 130 cm³/mol. The molecular weight excluding hydrogens is 469 g/mol. The average molecular weight is 500 g/mol. The SMILES string of the molecule is Cc1ccc(F)c(OCC(=O)c2ccc3c(c2)N([C@H](C)C(=O)NCCN2CCOCC2)C(=O)CO3)c1. The van der Waals surface area contributed by atoms with Gasteiger partial charge in [0.05, 0.1) is 18.9 Å². The van der Waals surface area contributed by atoms with Crippen LogP contribution in [0, 0.1) is 12.7 Å². The van der Waals surface area contributed by atoms with Crippen LogP contribution in [0.1, 0.15) is 22.8 Å². The molecule has 0 bridgehead atoms. The Bertz CT molecular complexity index is 1130. The van der Waals surface area contributed by atoms with Gasteiger partial charge in [0.25, 0.3) is 5.91 Å². The number of halogens is 1. The molecule has 1 fully saturated rings. The van der Waals surface area contributed by atoms with Gasteiger partial charge in [0.15, 0.2) is 30.6 Å². The lowest BCUT2D eigenvalue weighted by atomic mass is 10.1. The maximum Gasteiger partial charge on any atom is 0.265 e. The quantitative estimate of drug-likeness (QED) is 0.527. The molecule has 1 saturated heterocycles. The van der Waals surface area contributed by atoms with Gasteiger partial charge < -0.3 is 19.5 Å². The lowest BCUT2D eigenvalue weighted by Crippen LogP contribution is -2.52.